The van der Waals surface area contributed by atoms with Gasteiger partial charge in [-0.1, -0.05) is 18.2 Å². The number of primary sulfonamides is 1. The van der Waals surface area contributed by atoms with Crippen molar-refractivity contribution in [3.8, 4) is 11.1 Å². The summed E-state index contributed by atoms with van der Waals surface area (Å²) in [7, 11) is -8.91. The predicted octanol–water partition coefficient (Wildman–Crippen LogP) is -0.277. The van der Waals surface area contributed by atoms with E-state index in [1.54, 1.807) is 18.2 Å². The van der Waals surface area contributed by atoms with Gasteiger partial charge in [0, 0.05) is 11.6 Å². The van der Waals surface area contributed by atoms with E-state index in [0.717, 1.165) is 6.07 Å². The number of benzene rings is 2. The SMILES string of the molecule is Nc1nc2c(-c3ccc(S(=O)(=O)C[C@@H](N)CO)c(S(N)(=O)=O)c3C3=NCN=N3)cccc2[nH]1. The number of nitrogens with two attached hydrogens (primary N) is 3. The number of aliphatic hydroxyl groups is 1. The zero-order chi connectivity index (χ0) is 24.0. The lowest BCUT2D eigenvalue weighted by Crippen LogP contribution is -2.34. The van der Waals surface area contributed by atoms with Gasteiger partial charge in [0.15, 0.2) is 28.3 Å². The van der Waals surface area contributed by atoms with E-state index in [-0.39, 0.29) is 29.6 Å². The molecule has 0 spiro atoms. The third-order valence-corrected chi connectivity index (χ3v) is 7.90. The molecule has 0 aliphatic carbocycles. The van der Waals surface area contributed by atoms with Gasteiger partial charge in [-0.15, -0.1) is 5.11 Å². The second-order valence-electron chi connectivity index (χ2n) is 7.27. The molecule has 0 saturated carbocycles. The van der Waals surface area contributed by atoms with Crippen LogP contribution in [0, 0.1) is 0 Å². The summed E-state index contributed by atoms with van der Waals surface area (Å²) in [5.74, 6) is -0.664. The maximum Gasteiger partial charge on any atom is 0.240 e. The van der Waals surface area contributed by atoms with Crippen molar-refractivity contribution in [2.75, 3.05) is 24.8 Å². The maximum atomic E-state index is 13.1. The Kier molecular flexibility index (Phi) is 5.75. The Hall–Kier alpha value is -3.24. The zero-order valence-corrected chi connectivity index (χ0v) is 18.6. The number of nitrogens with zero attached hydrogens (tertiary/aromatic N) is 4. The van der Waals surface area contributed by atoms with E-state index in [0.29, 0.717) is 16.6 Å². The maximum absolute atomic E-state index is 13.1. The van der Waals surface area contributed by atoms with Gasteiger partial charge in [-0.3, -0.25) is 0 Å². The molecule has 0 fully saturated rings. The van der Waals surface area contributed by atoms with Gasteiger partial charge in [-0.25, -0.2) is 32.0 Å². The summed E-state index contributed by atoms with van der Waals surface area (Å²) in [4.78, 5) is 9.98. The smallest absolute Gasteiger partial charge is 0.240 e. The Labute approximate surface area is 188 Å². The standard InChI is InChI=1S/C18H20N8O5S2/c19-9(6-27)7-32(28,29)13-5-4-10(11-2-1-3-12-15(11)25-18(20)24-12)14(16(13)33(21,30)31)17-22-8-23-26-17/h1-5,9,27H,6-8,19H2,(H3,20,24,25)(H2,21,30,31)/t9-/m0/s1. The van der Waals surface area contributed by atoms with Crippen LogP contribution in [0.1, 0.15) is 5.56 Å². The predicted molar refractivity (Wildman–Crippen MR) is 121 cm³/mol. The summed E-state index contributed by atoms with van der Waals surface area (Å²) in [6.45, 7) is -0.677. The Balaban J connectivity index is 2.11. The van der Waals surface area contributed by atoms with E-state index < -0.39 is 48.1 Å². The number of nitrogen functional groups attached to an aromatic ring is 1. The fraction of sp³-hybridized carbons (Fsp3) is 0.222. The zero-order valence-electron chi connectivity index (χ0n) is 17.0. The van der Waals surface area contributed by atoms with Crippen LogP contribution in [0.2, 0.25) is 0 Å². The van der Waals surface area contributed by atoms with Crippen molar-refractivity contribution in [1.29, 1.82) is 0 Å². The Morgan fingerprint density at radius 3 is 2.52 bits per heavy atom. The van der Waals surface area contributed by atoms with Crippen LogP contribution >= 0.6 is 0 Å². The molecule has 3 aromatic rings. The second-order valence-corrected chi connectivity index (χ2v) is 10.8. The Morgan fingerprint density at radius 1 is 1.12 bits per heavy atom. The molecule has 2 aromatic carbocycles. The van der Waals surface area contributed by atoms with E-state index in [9.17, 15) is 21.9 Å². The normalized spacial score (nSPS) is 15.2. The number of sulfone groups is 1. The molecule has 1 aliphatic rings. The number of aliphatic imine (C=N–C) groups is 1. The van der Waals surface area contributed by atoms with Gasteiger partial charge in [0.2, 0.25) is 10.0 Å². The minimum absolute atomic E-state index is 0.0647. The van der Waals surface area contributed by atoms with Gasteiger partial charge in [-0.2, -0.15) is 5.11 Å². The van der Waals surface area contributed by atoms with Gasteiger partial charge in [0.1, 0.15) is 4.90 Å². The van der Waals surface area contributed by atoms with E-state index in [2.05, 4.69) is 25.2 Å². The molecule has 13 nitrogen and oxygen atoms in total. The molecule has 0 unspecified atom stereocenters. The van der Waals surface area contributed by atoms with Crippen molar-refractivity contribution in [3.63, 3.8) is 0 Å². The number of azo groups is 1. The fourth-order valence-corrected chi connectivity index (χ4v) is 6.66. The molecule has 1 aliphatic heterocycles. The number of sulfonamides is 1. The summed E-state index contributed by atoms with van der Waals surface area (Å²) >= 11 is 0. The lowest BCUT2D eigenvalue weighted by Gasteiger charge is -2.18. The largest absolute Gasteiger partial charge is 0.395 e. The lowest BCUT2D eigenvalue weighted by atomic mass is 9.97. The van der Waals surface area contributed by atoms with Crippen molar-refractivity contribution in [1.82, 2.24) is 9.97 Å². The van der Waals surface area contributed by atoms with Crippen LogP contribution in [0.25, 0.3) is 22.2 Å². The third kappa shape index (κ3) is 4.23. The average Bonchev–Trinajstić information content (AvgIpc) is 3.40. The molecule has 8 N–H and O–H groups in total. The molecule has 4 rings (SSSR count). The number of imidazole rings is 1. The number of hydrogen-bond donors (Lipinski definition) is 5. The number of aromatic amines is 1. The van der Waals surface area contributed by atoms with E-state index in [1.807, 2.05) is 0 Å². The summed E-state index contributed by atoms with van der Waals surface area (Å²) < 4.78 is 51.6. The fourth-order valence-electron chi connectivity index (χ4n) is 3.59. The number of hydrogen-bond acceptors (Lipinski definition) is 11. The van der Waals surface area contributed by atoms with Crippen molar-refractivity contribution in [2.45, 2.75) is 15.8 Å². The molecule has 1 aromatic heterocycles. The number of fused-ring (bicyclic) bond motifs is 1. The molecule has 33 heavy (non-hydrogen) atoms. The minimum Gasteiger partial charge on any atom is -0.395 e. The second kappa shape index (κ2) is 8.27. The number of para-hydroxylation sites is 1. The molecule has 0 saturated heterocycles. The molecule has 0 bridgehead atoms. The molecular weight excluding hydrogens is 472 g/mol. The number of amidine groups is 1. The molecule has 174 valence electrons. The number of H-pyrrole nitrogens is 1. The van der Waals surface area contributed by atoms with E-state index >= 15 is 0 Å². The summed E-state index contributed by atoms with van der Waals surface area (Å²) in [5, 5.41) is 22.4. The van der Waals surface area contributed by atoms with Crippen LogP contribution in [0.15, 0.2) is 55.3 Å². The van der Waals surface area contributed by atoms with Gasteiger partial charge in [0.25, 0.3) is 0 Å². The van der Waals surface area contributed by atoms with Gasteiger partial charge < -0.3 is 21.6 Å². The first-order chi connectivity index (χ1) is 15.5. The number of anilines is 1. The van der Waals surface area contributed by atoms with Crippen molar-refractivity contribution in [2.24, 2.45) is 26.1 Å². The molecule has 15 heteroatoms. The van der Waals surface area contributed by atoms with Crippen molar-refractivity contribution >= 4 is 42.7 Å². The number of nitrogens with one attached hydrogen (secondary N) is 1. The highest BCUT2D eigenvalue weighted by Crippen LogP contribution is 2.37. The Bertz CT molecular complexity index is 1530. The minimum atomic E-state index is -4.62. The summed E-state index contributed by atoms with van der Waals surface area (Å²) in [5.41, 5.74) is 13.0. The van der Waals surface area contributed by atoms with Crippen LogP contribution in [0.5, 0.6) is 0 Å². The van der Waals surface area contributed by atoms with Crippen LogP contribution in [-0.2, 0) is 19.9 Å². The Morgan fingerprint density at radius 2 is 1.88 bits per heavy atom. The molecule has 0 amide bonds. The number of aromatic nitrogens is 2. The van der Waals surface area contributed by atoms with Crippen LogP contribution in [0.3, 0.4) is 0 Å². The monoisotopic (exact) mass is 492 g/mol. The molecule has 0 radical (unpaired) electrons. The van der Waals surface area contributed by atoms with Crippen molar-refractivity contribution < 1.29 is 21.9 Å². The summed E-state index contributed by atoms with van der Waals surface area (Å²) in [6.07, 6.45) is 0. The highest BCUT2D eigenvalue weighted by Gasteiger charge is 2.33. The van der Waals surface area contributed by atoms with Crippen LogP contribution in [-0.4, -0.2) is 62.8 Å². The molecular formula is C18H20N8O5S2. The van der Waals surface area contributed by atoms with Gasteiger partial charge in [0.05, 0.1) is 33.9 Å². The number of rotatable bonds is 7. The van der Waals surface area contributed by atoms with Crippen LogP contribution in [0.4, 0.5) is 5.95 Å². The first kappa shape index (κ1) is 22.9. The van der Waals surface area contributed by atoms with Crippen LogP contribution < -0.4 is 16.6 Å². The molecule has 2 heterocycles. The van der Waals surface area contributed by atoms with Crippen molar-refractivity contribution in [3.05, 3.63) is 35.9 Å². The van der Waals surface area contributed by atoms with E-state index in [4.69, 9.17) is 16.6 Å². The third-order valence-electron chi connectivity index (χ3n) is 4.90. The molecule has 1 atom stereocenters. The highest BCUT2D eigenvalue weighted by molar-refractivity contribution is 7.93. The van der Waals surface area contributed by atoms with E-state index in [1.165, 1.54) is 6.07 Å². The topological polar surface area (TPSA) is 232 Å². The number of aliphatic hydroxyl groups excluding tert-OH is 1. The average molecular weight is 493 g/mol. The first-order valence-corrected chi connectivity index (χ1v) is 12.7. The van der Waals surface area contributed by atoms with Gasteiger partial charge >= 0.3 is 0 Å². The highest BCUT2D eigenvalue weighted by atomic mass is 32.2. The first-order valence-electron chi connectivity index (χ1n) is 9.49. The quantitative estimate of drug-likeness (QED) is 0.293. The summed E-state index contributed by atoms with van der Waals surface area (Å²) in [6, 6.07) is 6.49. The lowest BCUT2D eigenvalue weighted by molar-refractivity contribution is 0.274. The van der Waals surface area contributed by atoms with Gasteiger partial charge in [-0.05, 0) is 17.7 Å².